The van der Waals surface area contributed by atoms with Crippen molar-refractivity contribution in [3.05, 3.63) is 109 Å². The molecule has 0 aliphatic rings. The fourth-order valence-electron chi connectivity index (χ4n) is 5.09. The molecule has 0 fully saturated rings. The van der Waals surface area contributed by atoms with Gasteiger partial charge in [0.2, 0.25) is 0 Å². The van der Waals surface area contributed by atoms with E-state index in [1.54, 1.807) is 0 Å². The summed E-state index contributed by atoms with van der Waals surface area (Å²) in [6.07, 6.45) is 0. The van der Waals surface area contributed by atoms with E-state index in [2.05, 4.69) is 102 Å². The summed E-state index contributed by atoms with van der Waals surface area (Å²) in [6.45, 7) is 0. The fourth-order valence-corrected chi connectivity index (χ4v) is 5.09. The van der Waals surface area contributed by atoms with Gasteiger partial charge in [-0.3, -0.25) is 0 Å². The van der Waals surface area contributed by atoms with E-state index in [1.165, 1.54) is 10.8 Å². The van der Waals surface area contributed by atoms with Crippen LogP contribution in [0.2, 0.25) is 0 Å². The second-order valence-electron chi connectivity index (χ2n) is 8.84. The van der Waals surface area contributed by atoms with E-state index in [-0.39, 0.29) is 0 Å². The van der Waals surface area contributed by atoms with Crippen LogP contribution in [0.5, 0.6) is 0 Å². The van der Waals surface area contributed by atoms with Gasteiger partial charge in [-0.2, -0.15) is 0 Å². The quantitative estimate of drug-likeness (QED) is 0.301. The highest BCUT2D eigenvalue weighted by Crippen LogP contribution is 2.37. The van der Waals surface area contributed by atoms with Crippen molar-refractivity contribution in [1.29, 1.82) is 0 Å². The lowest BCUT2D eigenvalue weighted by atomic mass is 10.0. The number of fused-ring (bicyclic) bond motifs is 4. The molecule has 0 atom stereocenters. The highest BCUT2D eigenvalue weighted by molar-refractivity contribution is 6.15. The Balaban J connectivity index is 1.45. The fraction of sp³-hybridized carbons (Fsp3) is 0.0323. The molecule has 7 aromatic rings. The van der Waals surface area contributed by atoms with Gasteiger partial charge in [-0.25, -0.2) is 9.97 Å². The Bertz CT molecular complexity index is 1860. The molecule has 0 bridgehead atoms. The van der Waals surface area contributed by atoms with E-state index in [0.29, 0.717) is 0 Å². The molecule has 166 valence electrons. The monoisotopic (exact) mass is 450 g/mol. The minimum absolute atomic E-state index is 0.952. The highest BCUT2D eigenvalue weighted by Gasteiger charge is 2.17. The number of benzene rings is 4. The van der Waals surface area contributed by atoms with Crippen LogP contribution in [-0.2, 0) is 7.05 Å². The molecule has 4 aromatic carbocycles. The van der Waals surface area contributed by atoms with Crippen molar-refractivity contribution in [1.82, 2.24) is 19.5 Å². The number of aromatic nitrogens is 4. The number of nitrogens with zero attached hydrogens (tertiary/aromatic N) is 3. The first-order valence-electron chi connectivity index (χ1n) is 11.8. The summed E-state index contributed by atoms with van der Waals surface area (Å²) in [7, 11) is 2.08. The summed E-state index contributed by atoms with van der Waals surface area (Å²) < 4.78 is 2.17. The molecular weight excluding hydrogens is 428 g/mol. The van der Waals surface area contributed by atoms with Gasteiger partial charge in [0.25, 0.3) is 0 Å². The van der Waals surface area contributed by atoms with Crippen molar-refractivity contribution in [2.75, 3.05) is 0 Å². The van der Waals surface area contributed by atoms with Crippen LogP contribution in [0.1, 0.15) is 0 Å². The molecule has 0 amide bonds. The normalized spacial score (nSPS) is 11.6. The Morgan fingerprint density at radius 2 is 1.23 bits per heavy atom. The molecule has 3 heterocycles. The molecule has 0 unspecified atom stereocenters. The number of nitrogens with one attached hydrogen (secondary N) is 1. The zero-order valence-electron chi connectivity index (χ0n) is 19.2. The lowest BCUT2D eigenvalue weighted by Gasteiger charge is -2.06. The molecule has 0 aliphatic heterocycles. The standard InChI is InChI=1S/C31H22N4/c1-35-28-19-6-5-16-27(28)33-31(35)24-15-8-13-22-21-12-7-14-23(29(21)34-30(22)24)26-18-9-17-25(32-26)20-10-3-2-4-11-20/h2-19,34H,1H3. The molecule has 7 rings (SSSR count). The van der Waals surface area contributed by atoms with Crippen molar-refractivity contribution >= 4 is 32.8 Å². The molecule has 4 nitrogen and oxygen atoms in total. The van der Waals surface area contributed by atoms with Crippen LogP contribution in [0.3, 0.4) is 0 Å². The number of H-pyrrole nitrogens is 1. The van der Waals surface area contributed by atoms with Gasteiger partial charge in [-0.1, -0.05) is 78.9 Å². The van der Waals surface area contributed by atoms with Crippen molar-refractivity contribution < 1.29 is 0 Å². The predicted octanol–water partition coefficient (Wildman–Crippen LogP) is 7.60. The topological polar surface area (TPSA) is 46.5 Å². The SMILES string of the molecule is Cn1c(-c2cccc3c2[nH]c2c(-c4cccc(-c5ccccc5)n4)cccc23)nc2ccccc21. The van der Waals surface area contributed by atoms with E-state index in [0.717, 1.165) is 56.0 Å². The second-order valence-corrected chi connectivity index (χ2v) is 8.84. The van der Waals surface area contributed by atoms with Crippen LogP contribution < -0.4 is 0 Å². The molecule has 0 saturated heterocycles. The van der Waals surface area contributed by atoms with Crippen molar-refractivity contribution in [3.8, 4) is 33.9 Å². The number of aromatic amines is 1. The number of aryl methyl sites for hydroxylation is 1. The van der Waals surface area contributed by atoms with E-state index >= 15 is 0 Å². The molecule has 1 N–H and O–H groups in total. The van der Waals surface area contributed by atoms with Crippen molar-refractivity contribution in [2.45, 2.75) is 0 Å². The smallest absolute Gasteiger partial charge is 0.142 e. The first kappa shape index (κ1) is 19.7. The Morgan fingerprint density at radius 3 is 2.03 bits per heavy atom. The van der Waals surface area contributed by atoms with E-state index in [9.17, 15) is 0 Å². The van der Waals surface area contributed by atoms with Crippen LogP contribution in [-0.4, -0.2) is 19.5 Å². The lowest BCUT2D eigenvalue weighted by Crippen LogP contribution is -1.93. The number of hydrogen-bond acceptors (Lipinski definition) is 2. The molecule has 0 spiro atoms. The maximum absolute atomic E-state index is 5.02. The number of pyridine rings is 1. The van der Waals surface area contributed by atoms with Gasteiger partial charge in [-0.15, -0.1) is 0 Å². The van der Waals surface area contributed by atoms with Gasteiger partial charge in [0.05, 0.1) is 33.5 Å². The van der Waals surface area contributed by atoms with Crippen LogP contribution in [0.4, 0.5) is 0 Å². The van der Waals surface area contributed by atoms with Gasteiger partial charge in [-0.05, 0) is 30.3 Å². The summed E-state index contributed by atoms with van der Waals surface area (Å²) in [5, 5.41) is 2.37. The van der Waals surface area contributed by atoms with E-state index in [1.807, 2.05) is 24.3 Å². The maximum atomic E-state index is 5.02. The zero-order valence-corrected chi connectivity index (χ0v) is 19.2. The van der Waals surface area contributed by atoms with E-state index < -0.39 is 0 Å². The summed E-state index contributed by atoms with van der Waals surface area (Å²) in [4.78, 5) is 13.7. The van der Waals surface area contributed by atoms with Crippen LogP contribution in [0, 0.1) is 0 Å². The lowest BCUT2D eigenvalue weighted by molar-refractivity contribution is 0.960. The number of rotatable bonds is 3. The number of imidazole rings is 1. The molecule has 3 aromatic heterocycles. The summed E-state index contributed by atoms with van der Waals surface area (Å²) in [6, 6.07) is 37.7. The minimum Gasteiger partial charge on any atom is -0.353 e. The minimum atomic E-state index is 0.952. The Kier molecular flexibility index (Phi) is 4.33. The first-order chi connectivity index (χ1) is 17.3. The Morgan fingerprint density at radius 1 is 0.571 bits per heavy atom. The first-order valence-corrected chi connectivity index (χ1v) is 11.8. The molecule has 0 aliphatic carbocycles. The van der Waals surface area contributed by atoms with Crippen LogP contribution >= 0.6 is 0 Å². The summed E-state index contributed by atoms with van der Waals surface area (Å²) in [5.74, 6) is 0.953. The maximum Gasteiger partial charge on any atom is 0.142 e. The zero-order chi connectivity index (χ0) is 23.4. The number of hydrogen-bond donors (Lipinski definition) is 1. The third-order valence-electron chi connectivity index (χ3n) is 6.79. The molecular formula is C31H22N4. The largest absolute Gasteiger partial charge is 0.353 e. The van der Waals surface area contributed by atoms with Gasteiger partial charge in [0.1, 0.15) is 5.82 Å². The predicted molar refractivity (Wildman–Crippen MR) is 144 cm³/mol. The molecule has 35 heavy (non-hydrogen) atoms. The summed E-state index contributed by atoms with van der Waals surface area (Å²) >= 11 is 0. The van der Waals surface area contributed by atoms with Gasteiger partial charge in [0, 0.05) is 34.5 Å². The summed E-state index contributed by atoms with van der Waals surface area (Å²) in [5.41, 5.74) is 9.52. The third kappa shape index (κ3) is 3.07. The van der Waals surface area contributed by atoms with Crippen LogP contribution in [0.15, 0.2) is 109 Å². The van der Waals surface area contributed by atoms with Crippen LogP contribution in [0.25, 0.3) is 66.7 Å². The Hall–Kier alpha value is -4.70. The molecule has 0 radical (unpaired) electrons. The molecule has 4 heteroatoms. The highest BCUT2D eigenvalue weighted by atomic mass is 15.1. The van der Waals surface area contributed by atoms with Gasteiger partial charge < -0.3 is 9.55 Å². The Labute approximate surface area is 202 Å². The van der Waals surface area contributed by atoms with Crippen molar-refractivity contribution in [2.24, 2.45) is 7.05 Å². The molecule has 0 saturated carbocycles. The van der Waals surface area contributed by atoms with E-state index in [4.69, 9.17) is 9.97 Å². The average molecular weight is 451 g/mol. The second kappa shape index (κ2) is 7.67. The average Bonchev–Trinajstić information content (AvgIpc) is 3.47. The van der Waals surface area contributed by atoms with Gasteiger partial charge >= 0.3 is 0 Å². The number of para-hydroxylation sites is 4. The third-order valence-corrected chi connectivity index (χ3v) is 6.79. The van der Waals surface area contributed by atoms with Crippen molar-refractivity contribution in [3.63, 3.8) is 0 Å². The van der Waals surface area contributed by atoms with Gasteiger partial charge in [0.15, 0.2) is 0 Å².